The number of carbonyl (C=O) groups is 1. The van der Waals surface area contributed by atoms with Crippen molar-refractivity contribution >= 4 is 5.97 Å². The zero-order valence-corrected chi connectivity index (χ0v) is 12.5. The molecule has 4 heteroatoms. The van der Waals surface area contributed by atoms with Crippen LogP contribution >= 0.6 is 0 Å². The number of carboxylic acid groups (broad SMARTS) is 1. The minimum atomic E-state index is -0.855. The van der Waals surface area contributed by atoms with E-state index in [1.807, 2.05) is 19.1 Å². The zero-order chi connectivity index (χ0) is 15.0. The van der Waals surface area contributed by atoms with Crippen LogP contribution in [0.1, 0.15) is 58.3 Å². The summed E-state index contributed by atoms with van der Waals surface area (Å²) in [4.78, 5) is 11.2. The van der Waals surface area contributed by atoms with Gasteiger partial charge >= 0.3 is 5.97 Å². The standard InChI is InChI=1S/C16H29NO3/c1-2-3-9-13(16(19)20)11-15(18)14(17)10-12-7-5-4-6-8-12/h2-3,12-15,18H,4-11,17H2,1H3,(H,19,20)/b3-2+/t13-,14+,15+/m1/s1. The van der Waals surface area contributed by atoms with Crippen molar-refractivity contribution in [3.63, 3.8) is 0 Å². The predicted molar refractivity (Wildman–Crippen MR) is 80.3 cm³/mol. The Morgan fingerprint density at radius 1 is 1.35 bits per heavy atom. The average Bonchev–Trinajstić information content (AvgIpc) is 2.43. The summed E-state index contributed by atoms with van der Waals surface area (Å²) in [7, 11) is 0. The van der Waals surface area contributed by atoms with Crippen LogP contribution in [0.4, 0.5) is 0 Å². The molecule has 0 aromatic rings. The lowest BCUT2D eigenvalue weighted by Crippen LogP contribution is -2.39. The number of hydrogen-bond acceptors (Lipinski definition) is 3. The summed E-state index contributed by atoms with van der Waals surface area (Å²) in [5.41, 5.74) is 6.06. The number of aliphatic hydroxyl groups is 1. The highest BCUT2D eigenvalue weighted by Gasteiger charge is 2.26. The number of hydrogen-bond donors (Lipinski definition) is 3. The van der Waals surface area contributed by atoms with Crippen LogP contribution in [0.3, 0.4) is 0 Å². The molecule has 0 aromatic heterocycles. The number of allylic oxidation sites excluding steroid dienone is 2. The first-order valence-corrected chi connectivity index (χ1v) is 7.82. The first-order chi connectivity index (χ1) is 9.54. The minimum absolute atomic E-state index is 0.244. The summed E-state index contributed by atoms with van der Waals surface area (Å²) in [6.45, 7) is 1.87. The van der Waals surface area contributed by atoms with Crippen LogP contribution in [0.25, 0.3) is 0 Å². The van der Waals surface area contributed by atoms with E-state index in [0.717, 1.165) is 6.42 Å². The molecule has 1 saturated carbocycles. The molecule has 20 heavy (non-hydrogen) atoms. The van der Waals surface area contributed by atoms with Gasteiger partial charge in [0.05, 0.1) is 12.0 Å². The van der Waals surface area contributed by atoms with Gasteiger partial charge in [0.1, 0.15) is 0 Å². The topological polar surface area (TPSA) is 83.5 Å². The van der Waals surface area contributed by atoms with E-state index in [4.69, 9.17) is 10.8 Å². The van der Waals surface area contributed by atoms with Crippen LogP contribution in [0.15, 0.2) is 12.2 Å². The van der Waals surface area contributed by atoms with Gasteiger partial charge in [-0.1, -0.05) is 44.3 Å². The zero-order valence-electron chi connectivity index (χ0n) is 12.5. The number of rotatable bonds is 8. The number of aliphatic hydroxyl groups excluding tert-OH is 1. The first kappa shape index (κ1) is 17.2. The second kappa shape index (κ2) is 9.14. The van der Waals surface area contributed by atoms with Crippen LogP contribution in [-0.4, -0.2) is 28.3 Å². The fourth-order valence-corrected chi connectivity index (χ4v) is 3.03. The molecular formula is C16H29NO3. The molecular weight excluding hydrogens is 254 g/mol. The van der Waals surface area contributed by atoms with Gasteiger partial charge in [-0.05, 0) is 32.1 Å². The van der Waals surface area contributed by atoms with Gasteiger partial charge in [0, 0.05) is 6.04 Å². The lowest BCUT2D eigenvalue weighted by Gasteiger charge is -2.28. The molecule has 0 aliphatic heterocycles. The van der Waals surface area contributed by atoms with E-state index in [1.54, 1.807) is 0 Å². The SMILES string of the molecule is C/C=C/C[C@H](C[C@H](O)[C@@H](N)CC1CCCCC1)C(=O)O. The minimum Gasteiger partial charge on any atom is -0.481 e. The first-order valence-electron chi connectivity index (χ1n) is 7.82. The van der Waals surface area contributed by atoms with Crippen molar-refractivity contribution in [3.05, 3.63) is 12.2 Å². The van der Waals surface area contributed by atoms with Crippen molar-refractivity contribution in [1.82, 2.24) is 0 Å². The van der Waals surface area contributed by atoms with Gasteiger partial charge in [0.15, 0.2) is 0 Å². The summed E-state index contributed by atoms with van der Waals surface area (Å²) < 4.78 is 0. The number of aliphatic carboxylic acids is 1. The van der Waals surface area contributed by atoms with E-state index < -0.39 is 18.0 Å². The van der Waals surface area contributed by atoms with Crippen LogP contribution in [-0.2, 0) is 4.79 Å². The van der Waals surface area contributed by atoms with Crippen molar-refractivity contribution in [2.75, 3.05) is 0 Å². The number of nitrogens with two attached hydrogens (primary N) is 1. The van der Waals surface area contributed by atoms with Crippen molar-refractivity contribution < 1.29 is 15.0 Å². The largest absolute Gasteiger partial charge is 0.481 e. The monoisotopic (exact) mass is 283 g/mol. The third-order valence-corrected chi connectivity index (χ3v) is 4.36. The van der Waals surface area contributed by atoms with Crippen molar-refractivity contribution in [3.8, 4) is 0 Å². The van der Waals surface area contributed by atoms with E-state index in [9.17, 15) is 9.90 Å². The third kappa shape index (κ3) is 6.06. The highest BCUT2D eigenvalue weighted by atomic mass is 16.4. The Bertz CT molecular complexity index is 311. The molecule has 0 unspecified atom stereocenters. The van der Waals surface area contributed by atoms with Gasteiger partial charge in [-0.15, -0.1) is 0 Å². The summed E-state index contributed by atoms with van der Waals surface area (Å²) in [6.07, 6.45) is 10.7. The molecule has 1 rings (SSSR count). The lowest BCUT2D eigenvalue weighted by molar-refractivity contribution is -0.142. The van der Waals surface area contributed by atoms with Crippen LogP contribution < -0.4 is 5.73 Å². The molecule has 0 amide bonds. The van der Waals surface area contributed by atoms with Gasteiger partial charge in [-0.3, -0.25) is 4.79 Å². The Balaban J connectivity index is 2.41. The lowest BCUT2D eigenvalue weighted by atomic mass is 9.82. The van der Waals surface area contributed by atoms with E-state index in [0.29, 0.717) is 12.3 Å². The third-order valence-electron chi connectivity index (χ3n) is 4.36. The smallest absolute Gasteiger partial charge is 0.306 e. The molecule has 1 aliphatic carbocycles. The highest BCUT2D eigenvalue weighted by molar-refractivity contribution is 5.70. The highest BCUT2D eigenvalue weighted by Crippen LogP contribution is 2.28. The maximum absolute atomic E-state index is 11.2. The summed E-state index contributed by atoms with van der Waals surface area (Å²) in [6, 6.07) is -0.300. The van der Waals surface area contributed by atoms with Crippen molar-refractivity contribution in [1.29, 1.82) is 0 Å². The Hall–Kier alpha value is -0.870. The van der Waals surface area contributed by atoms with Gasteiger partial charge in [0.25, 0.3) is 0 Å². The molecule has 4 N–H and O–H groups in total. The molecule has 0 spiro atoms. The Morgan fingerprint density at radius 3 is 2.55 bits per heavy atom. The van der Waals surface area contributed by atoms with E-state index in [1.165, 1.54) is 32.1 Å². The summed E-state index contributed by atoms with van der Waals surface area (Å²) in [5, 5.41) is 19.3. The second-order valence-electron chi connectivity index (χ2n) is 6.05. The van der Waals surface area contributed by atoms with Crippen molar-refractivity contribution in [2.24, 2.45) is 17.6 Å². The molecule has 0 bridgehead atoms. The van der Waals surface area contributed by atoms with Crippen LogP contribution in [0.2, 0.25) is 0 Å². The molecule has 0 saturated heterocycles. The van der Waals surface area contributed by atoms with Gasteiger partial charge in [-0.25, -0.2) is 0 Å². The maximum atomic E-state index is 11.2. The fraction of sp³-hybridized carbons (Fsp3) is 0.812. The summed E-state index contributed by atoms with van der Waals surface area (Å²) >= 11 is 0. The summed E-state index contributed by atoms with van der Waals surface area (Å²) in [5.74, 6) is -0.794. The van der Waals surface area contributed by atoms with E-state index in [2.05, 4.69) is 0 Å². The molecule has 0 heterocycles. The fourth-order valence-electron chi connectivity index (χ4n) is 3.03. The van der Waals surface area contributed by atoms with Crippen LogP contribution in [0.5, 0.6) is 0 Å². The quantitative estimate of drug-likeness (QED) is 0.598. The van der Waals surface area contributed by atoms with Crippen LogP contribution in [0, 0.1) is 11.8 Å². The molecule has 3 atom stereocenters. The van der Waals surface area contributed by atoms with E-state index in [-0.39, 0.29) is 12.5 Å². The normalized spacial score (nSPS) is 21.8. The van der Waals surface area contributed by atoms with Crippen molar-refractivity contribution in [2.45, 2.75) is 70.4 Å². The molecule has 0 aromatic carbocycles. The van der Waals surface area contributed by atoms with Gasteiger partial charge < -0.3 is 15.9 Å². The Morgan fingerprint density at radius 2 is 2.00 bits per heavy atom. The van der Waals surface area contributed by atoms with E-state index >= 15 is 0 Å². The maximum Gasteiger partial charge on any atom is 0.306 e. The average molecular weight is 283 g/mol. The Labute approximate surface area is 122 Å². The second-order valence-corrected chi connectivity index (χ2v) is 6.05. The molecule has 1 aliphatic rings. The molecule has 0 radical (unpaired) electrons. The van der Waals surface area contributed by atoms with Gasteiger partial charge in [-0.2, -0.15) is 0 Å². The number of carboxylic acids is 1. The molecule has 116 valence electrons. The predicted octanol–water partition coefficient (Wildman–Crippen LogP) is 2.70. The molecule has 4 nitrogen and oxygen atoms in total. The van der Waals surface area contributed by atoms with Gasteiger partial charge in [0.2, 0.25) is 0 Å². The molecule has 1 fully saturated rings. The Kier molecular flexibility index (Phi) is 7.85.